The van der Waals surface area contributed by atoms with Crippen LogP contribution in [0.2, 0.25) is 0 Å². The van der Waals surface area contributed by atoms with E-state index in [1.54, 1.807) is 6.07 Å². The number of ether oxygens (including phenoxy) is 2. The minimum absolute atomic E-state index is 0.00981. The Morgan fingerprint density at radius 3 is 2.36 bits per heavy atom. The van der Waals surface area contributed by atoms with Crippen LogP contribution in [0.3, 0.4) is 0 Å². The molecule has 1 N–H and O–H groups in total. The second kappa shape index (κ2) is 8.67. The van der Waals surface area contributed by atoms with Crippen molar-refractivity contribution >= 4 is 15.9 Å². The quantitative estimate of drug-likeness (QED) is 0.685. The van der Waals surface area contributed by atoms with Gasteiger partial charge in [0.1, 0.15) is 0 Å². The highest BCUT2D eigenvalue weighted by Crippen LogP contribution is 2.32. The van der Waals surface area contributed by atoms with E-state index in [4.69, 9.17) is 9.47 Å². The van der Waals surface area contributed by atoms with Crippen molar-refractivity contribution < 1.29 is 22.7 Å². The smallest absolute Gasteiger partial charge is 0.243 e. The third-order valence-electron chi connectivity index (χ3n) is 5.41. The summed E-state index contributed by atoms with van der Waals surface area (Å²) in [6, 6.07) is 4.82. The molecule has 0 spiro atoms. The molecule has 1 atom stereocenters. The van der Waals surface area contributed by atoms with E-state index in [9.17, 15) is 13.2 Å². The largest absolute Gasteiger partial charge is 0.493 e. The molecule has 156 valence electrons. The van der Waals surface area contributed by atoms with Crippen LogP contribution in [-0.4, -0.2) is 76.5 Å². The van der Waals surface area contributed by atoms with Crippen molar-refractivity contribution in [2.24, 2.45) is 5.92 Å². The average Bonchev–Trinajstić information content (AvgIpc) is 3.53. The monoisotopic (exact) mass is 411 g/mol. The Labute approximate surface area is 166 Å². The SMILES string of the molecule is COc1ccc(S(=O)(=O)N2CCN(CC(=O)N[C@H](C)C3CC3)CC2)cc1OC. The molecule has 8 nitrogen and oxygen atoms in total. The Bertz CT molecular complexity index is 802. The maximum Gasteiger partial charge on any atom is 0.243 e. The average molecular weight is 412 g/mol. The number of nitrogens with one attached hydrogen (secondary N) is 1. The van der Waals surface area contributed by atoms with Crippen LogP contribution in [0.25, 0.3) is 0 Å². The molecule has 1 aromatic rings. The predicted octanol–water partition coefficient (Wildman–Crippen LogP) is 0.925. The number of methoxy groups -OCH3 is 2. The number of hydrogen-bond acceptors (Lipinski definition) is 6. The van der Waals surface area contributed by atoms with Gasteiger partial charge in [0, 0.05) is 38.3 Å². The standard InChI is InChI=1S/C19H29N3O5S/c1-14(15-4-5-15)20-19(23)13-21-8-10-22(11-9-21)28(24,25)16-6-7-17(26-2)18(12-16)27-3/h6-7,12,14-15H,4-5,8-11,13H2,1-3H3,(H,20,23)/t14-/m1/s1. The molecule has 1 aromatic carbocycles. The van der Waals surface area contributed by atoms with Gasteiger partial charge in [-0.3, -0.25) is 9.69 Å². The van der Waals surface area contributed by atoms with Gasteiger partial charge in [-0.2, -0.15) is 4.31 Å². The molecule has 1 aliphatic carbocycles. The zero-order valence-corrected chi connectivity index (χ0v) is 17.5. The minimum atomic E-state index is -3.62. The Morgan fingerprint density at radius 2 is 1.79 bits per heavy atom. The molecule has 9 heteroatoms. The molecule has 0 aromatic heterocycles. The first-order valence-corrected chi connectivity index (χ1v) is 11.0. The third kappa shape index (κ3) is 4.76. The van der Waals surface area contributed by atoms with Crippen LogP contribution in [0.15, 0.2) is 23.1 Å². The zero-order valence-electron chi connectivity index (χ0n) is 16.7. The minimum Gasteiger partial charge on any atom is -0.493 e. The molecule has 1 heterocycles. The molecule has 28 heavy (non-hydrogen) atoms. The molecule has 0 radical (unpaired) electrons. The maximum absolute atomic E-state index is 12.9. The summed E-state index contributed by atoms with van der Waals surface area (Å²) < 4.78 is 37.7. The molecule has 2 aliphatic rings. The molecular formula is C19H29N3O5S. The summed E-state index contributed by atoms with van der Waals surface area (Å²) in [7, 11) is -0.642. The van der Waals surface area contributed by atoms with Gasteiger partial charge in [0.25, 0.3) is 0 Å². The predicted molar refractivity (Wildman–Crippen MR) is 105 cm³/mol. The zero-order chi connectivity index (χ0) is 20.3. The van der Waals surface area contributed by atoms with Crippen molar-refractivity contribution in [3.05, 3.63) is 18.2 Å². The second-order valence-corrected chi connectivity index (χ2v) is 9.33. The van der Waals surface area contributed by atoms with Crippen LogP contribution in [0, 0.1) is 5.92 Å². The van der Waals surface area contributed by atoms with E-state index in [-0.39, 0.29) is 16.8 Å². The lowest BCUT2D eigenvalue weighted by Crippen LogP contribution is -2.51. The Hall–Kier alpha value is -1.84. The summed E-state index contributed by atoms with van der Waals surface area (Å²) >= 11 is 0. The van der Waals surface area contributed by atoms with Crippen LogP contribution in [0.4, 0.5) is 0 Å². The van der Waals surface area contributed by atoms with Crippen LogP contribution in [-0.2, 0) is 14.8 Å². The summed E-state index contributed by atoms with van der Waals surface area (Å²) in [5, 5.41) is 3.04. The van der Waals surface area contributed by atoms with Crippen molar-refractivity contribution in [3.8, 4) is 11.5 Å². The maximum atomic E-state index is 12.9. The van der Waals surface area contributed by atoms with Gasteiger partial charge < -0.3 is 14.8 Å². The summed E-state index contributed by atoms with van der Waals surface area (Å²) in [6.45, 7) is 4.10. The molecule has 0 bridgehead atoms. The fourth-order valence-electron chi connectivity index (χ4n) is 3.47. The highest BCUT2D eigenvalue weighted by atomic mass is 32.2. The topological polar surface area (TPSA) is 88.2 Å². The van der Waals surface area contributed by atoms with Crippen LogP contribution >= 0.6 is 0 Å². The van der Waals surface area contributed by atoms with Gasteiger partial charge in [0.15, 0.2) is 11.5 Å². The van der Waals surface area contributed by atoms with E-state index in [1.165, 1.54) is 43.5 Å². The van der Waals surface area contributed by atoms with Crippen LogP contribution in [0.1, 0.15) is 19.8 Å². The van der Waals surface area contributed by atoms with Crippen LogP contribution < -0.4 is 14.8 Å². The van der Waals surface area contributed by atoms with Gasteiger partial charge in [-0.25, -0.2) is 8.42 Å². The summed E-state index contributed by atoms with van der Waals surface area (Å²) in [5.41, 5.74) is 0. The van der Waals surface area contributed by atoms with E-state index in [0.717, 1.165) is 0 Å². The number of amides is 1. The number of carbonyl (C=O) groups is 1. The van der Waals surface area contributed by atoms with E-state index in [2.05, 4.69) is 5.32 Å². The fraction of sp³-hybridized carbons (Fsp3) is 0.632. The van der Waals surface area contributed by atoms with Gasteiger partial charge in [-0.15, -0.1) is 0 Å². The Morgan fingerprint density at radius 1 is 1.14 bits per heavy atom. The van der Waals surface area contributed by atoms with Crippen molar-refractivity contribution in [2.75, 3.05) is 46.9 Å². The number of benzene rings is 1. The fourth-order valence-corrected chi connectivity index (χ4v) is 4.91. The number of carbonyl (C=O) groups excluding carboxylic acids is 1. The lowest BCUT2D eigenvalue weighted by Gasteiger charge is -2.33. The number of nitrogens with zero attached hydrogens (tertiary/aromatic N) is 2. The number of sulfonamides is 1. The summed E-state index contributed by atoms with van der Waals surface area (Å²) in [4.78, 5) is 14.3. The third-order valence-corrected chi connectivity index (χ3v) is 7.30. The highest BCUT2D eigenvalue weighted by molar-refractivity contribution is 7.89. The van der Waals surface area contributed by atoms with E-state index in [1.807, 2.05) is 11.8 Å². The molecule has 2 fully saturated rings. The van der Waals surface area contributed by atoms with Gasteiger partial charge in [0.05, 0.1) is 25.7 Å². The first-order valence-electron chi connectivity index (χ1n) is 9.59. The summed E-state index contributed by atoms with van der Waals surface area (Å²) in [6.07, 6.45) is 2.38. The van der Waals surface area contributed by atoms with Crippen molar-refractivity contribution in [1.29, 1.82) is 0 Å². The van der Waals surface area contributed by atoms with E-state index < -0.39 is 10.0 Å². The van der Waals surface area contributed by atoms with E-state index in [0.29, 0.717) is 50.1 Å². The first-order chi connectivity index (χ1) is 13.3. The van der Waals surface area contributed by atoms with E-state index >= 15 is 0 Å². The molecule has 3 rings (SSSR count). The van der Waals surface area contributed by atoms with Gasteiger partial charge >= 0.3 is 0 Å². The molecule has 1 amide bonds. The Kier molecular flexibility index (Phi) is 6.47. The molecule has 1 aliphatic heterocycles. The number of piperazine rings is 1. The summed E-state index contributed by atoms with van der Waals surface area (Å²) in [5.74, 6) is 1.49. The van der Waals surface area contributed by atoms with Crippen molar-refractivity contribution in [3.63, 3.8) is 0 Å². The van der Waals surface area contributed by atoms with Gasteiger partial charge in [-0.1, -0.05) is 0 Å². The lowest BCUT2D eigenvalue weighted by molar-refractivity contribution is -0.123. The molecule has 0 unspecified atom stereocenters. The molecule has 1 saturated heterocycles. The lowest BCUT2D eigenvalue weighted by atomic mass is 10.2. The van der Waals surface area contributed by atoms with Crippen molar-refractivity contribution in [1.82, 2.24) is 14.5 Å². The number of hydrogen-bond donors (Lipinski definition) is 1. The molecular weight excluding hydrogens is 382 g/mol. The Balaban J connectivity index is 1.56. The normalized spacial score (nSPS) is 19.8. The van der Waals surface area contributed by atoms with Gasteiger partial charge in [0.2, 0.25) is 15.9 Å². The number of rotatable bonds is 8. The highest BCUT2D eigenvalue weighted by Gasteiger charge is 2.31. The first kappa shape index (κ1) is 20.9. The van der Waals surface area contributed by atoms with Crippen LogP contribution in [0.5, 0.6) is 11.5 Å². The molecule has 1 saturated carbocycles. The van der Waals surface area contributed by atoms with Crippen molar-refractivity contribution in [2.45, 2.75) is 30.7 Å². The van der Waals surface area contributed by atoms with Gasteiger partial charge in [-0.05, 0) is 37.8 Å². The second-order valence-electron chi connectivity index (χ2n) is 7.39.